The highest BCUT2D eigenvalue weighted by molar-refractivity contribution is 7.25. The summed E-state index contributed by atoms with van der Waals surface area (Å²) in [5, 5.41) is 8.64. The lowest BCUT2D eigenvalue weighted by Crippen LogP contribution is -1.99. The summed E-state index contributed by atoms with van der Waals surface area (Å²) in [5.41, 5.74) is 8.15. The third kappa shape index (κ3) is 3.00. The van der Waals surface area contributed by atoms with Crippen molar-refractivity contribution in [3.05, 3.63) is 140 Å². The number of aromatic nitrogens is 3. The SMILES string of the molecule is c1ccc(-n2c3ccccc3c3c4cccnc4c4c5ccccc5n(-c5cccc6sc7ccccc7c56)c4c32)cc1. The molecule has 0 unspecified atom stereocenters. The molecule has 6 aromatic carbocycles. The number of hydrogen-bond acceptors (Lipinski definition) is 2. The van der Waals surface area contributed by atoms with Crippen LogP contribution in [0.1, 0.15) is 0 Å². The van der Waals surface area contributed by atoms with Gasteiger partial charge in [-0.15, -0.1) is 11.3 Å². The van der Waals surface area contributed by atoms with Gasteiger partial charge in [0.2, 0.25) is 0 Å². The Bertz CT molecular complexity index is 2730. The Labute approximate surface area is 250 Å². The van der Waals surface area contributed by atoms with E-state index >= 15 is 0 Å². The Morgan fingerprint density at radius 1 is 0.442 bits per heavy atom. The standard InChI is InChI=1S/C39H23N3S/c1-2-12-24(13-3-1)41-29-18-7-4-14-25(29)34-28-17-11-23-40-37(28)36-26-15-5-8-19-30(26)42(39(36)38(34)41)31-20-10-22-33-35(31)27-16-6-9-21-32(27)43-33/h1-23H. The molecule has 3 nitrogen and oxygen atoms in total. The molecule has 200 valence electrons. The molecule has 4 heterocycles. The van der Waals surface area contributed by atoms with Gasteiger partial charge < -0.3 is 9.13 Å². The van der Waals surface area contributed by atoms with Gasteiger partial charge in [0.1, 0.15) is 0 Å². The van der Waals surface area contributed by atoms with Gasteiger partial charge in [0.05, 0.1) is 33.3 Å². The minimum atomic E-state index is 1.04. The Kier molecular flexibility index (Phi) is 4.60. The maximum absolute atomic E-state index is 5.09. The fraction of sp³-hybridized carbons (Fsp3) is 0. The van der Waals surface area contributed by atoms with Gasteiger partial charge in [-0.2, -0.15) is 0 Å². The molecular formula is C39H23N3S. The van der Waals surface area contributed by atoms with Crippen LogP contribution in [0, 0.1) is 0 Å². The largest absolute Gasteiger partial charge is 0.307 e. The van der Waals surface area contributed by atoms with Crippen LogP contribution in [0.5, 0.6) is 0 Å². The zero-order valence-corrected chi connectivity index (χ0v) is 23.8. The molecule has 0 amide bonds. The van der Waals surface area contributed by atoms with Crippen LogP contribution in [-0.4, -0.2) is 14.1 Å². The van der Waals surface area contributed by atoms with Crippen molar-refractivity contribution in [2.24, 2.45) is 0 Å². The smallest absolute Gasteiger partial charge is 0.0811 e. The Morgan fingerprint density at radius 3 is 1.91 bits per heavy atom. The van der Waals surface area contributed by atoms with Crippen molar-refractivity contribution in [3.63, 3.8) is 0 Å². The van der Waals surface area contributed by atoms with Crippen molar-refractivity contribution in [1.82, 2.24) is 14.1 Å². The minimum absolute atomic E-state index is 1.04. The maximum atomic E-state index is 5.09. The highest BCUT2D eigenvalue weighted by Crippen LogP contribution is 2.47. The third-order valence-electron chi connectivity index (χ3n) is 8.92. The Morgan fingerprint density at radius 2 is 1.07 bits per heavy atom. The van der Waals surface area contributed by atoms with E-state index in [1.807, 2.05) is 17.5 Å². The quantitative estimate of drug-likeness (QED) is 0.204. The predicted octanol–water partition coefficient (Wildman–Crippen LogP) is 10.8. The molecule has 10 aromatic rings. The average Bonchev–Trinajstić information content (AvgIpc) is 3.73. The second kappa shape index (κ2) is 8.54. The summed E-state index contributed by atoms with van der Waals surface area (Å²) in [7, 11) is 0. The summed E-state index contributed by atoms with van der Waals surface area (Å²) >= 11 is 1.86. The van der Waals surface area contributed by atoms with Crippen LogP contribution >= 0.6 is 11.3 Å². The molecule has 0 aliphatic carbocycles. The van der Waals surface area contributed by atoms with E-state index in [1.165, 1.54) is 74.9 Å². The predicted molar refractivity (Wildman–Crippen MR) is 183 cm³/mol. The Balaban J connectivity index is 1.57. The first-order valence-corrected chi connectivity index (χ1v) is 15.4. The third-order valence-corrected chi connectivity index (χ3v) is 10.1. The molecule has 4 aromatic heterocycles. The number of para-hydroxylation sites is 3. The fourth-order valence-electron chi connectivity index (χ4n) is 7.28. The lowest BCUT2D eigenvalue weighted by Gasteiger charge is -2.14. The number of benzene rings is 6. The molecule has 0 saturated heterocycles. The number of hydrogen-bond donors (Lipinski definition) is 0. The first-order valence-electron chi connectivity index (χ1n) is 14.6. The zero-order valence-electron chi connectivity index (χ0n) is 23.0. The van der Waals surface area contributed by atoms with Crippen LogP contribution in [0.3, 0.4) is 0 Å². The molecule has 0 atom stereocenters. The van der Waals surface area contributed by atoms with Gasteiger partial charge in [-0.1, -0.05) is 84.9 Å². The highest BCUT2D eigenvalue weighted by atomic mass is 32.1. The van der Waals surface area contributed by atoms with Crippen molar-refractivity contribution < 1.29 is 0 Å². The van der Waals surface area contributed by atoms with Crippen molar-refractivity contribution in [3.8, 4) is 11.4 Å². The molecule has 0 spiro atoms. The van der Waals surface area contributed by atoms with Gasteiger partial charge in [-0.25, -0.2) is 0 Å². The van der Waals surface area contributed by atoms with Gasteiger partial charge >= 0.3 is 0 Å². The lowest BCUT2D eigenvalue weighted by molar-refractivity contribution is 1.16. The number of thiophene rings is 1. The molecule has 0 saturated carbocycles. The topological polar surface area (TPSA) is 22.8 Å². The van der Waals surface area contributed by atoms with Crippen molar-refractivity contribution in [2.75, 3.05) is 0 Å². The zero-order chi connectivity index (χ0) is 28.1. The van der Waals surface area contributed by atoms with E-state index in [9.17, 15) is 0 Å². The van der Waals surface area contributed by atoms with E-state index in [-0.39, 0.29) is 0 Å². The number of nitrogens with zero attached hydrogens (tertiary/aromatic N) is 3. The van der Waals surface area contributed by atoms with Crippen LogP contribution in [0.2, 0.25) is 0 Å². The molecule has 4 heteroatoms. The molecule has 43 heavy (non-hydrogen) atoms. The summed E-state index contributed by atoms with van der Waals surface area (Å²) in [4.78, 5) is 5.09. The molecule has 0 N–H and O–H groups in total. The highest BCUT2D eigenvalue weighted by Gasteiger charge is 2.25. The van der Waals surface area contributed by atoms with Crippen LogP contribution in [-0.2, 0) is 0 Å². The number of rotatable bonds is 2. The monoisotopic (exact) mass is 565 g/mol. The summed E-state index contributed by atoms with van der Waals surface area (Å²) in [6, 6.07) is 48.2. The van der Waals surface area contributed by atoms with Crippen LogP contribution in [0.15, 0.2) is 140 Å². The van der Waals surface area contributed by atoms with Crippen molar-refractivity contribution >= 4 is 86.0 Å². The van der Waals surface area contributed by atoms with E-state index in [2.05, 4.69) is 143 Å². The van der Waals surface area contributed by atoms with E-state index < -0.39 is 0 Å². The van der Waals surface area contributed by atoms with Gasteiger partial charge in [-0.05, 0) is 48.5 Å². The van der Waals surface area contributed by atoms with Crippen LogP contribution in [0.4, 0.5) is 0 Å². The molecule has 0 aliphatic heterocycles. The van der Waals surface area contributed by atoms with Gasteiger partial charge in [-0.3, -0.25) is 4.98 Å². The molecule has 10 rings (SSSR count). The average molecular weight is 566 g/mol. The van der Waals surface area contributed by atoms with E-state index in [0.717, 1.165) is 11.2 Å². The normalized spacial score (nSPS) is 12.2. The van der Waals surface area contributed by atoms with Crippen LogP contribution < -0.4 is 0 Å². The fourth-order valence-corrected chi connectivity index (χ4v) is 8.41. The summed E-state index contributed by atoms with van der Waals surface area (Å²) in [5.74, 6) is 0. The van der Waals surface area contributed by atoms with Crippen LogP contribution in [0.25, 0.3) is 86.1 Å². The molecular weight excluding hydrogens is 543 g/mol. The van der Waals surface area contributed by atoms with E-state index in [0.29, 0.717) is 0 Å². The summed E-state index contributed by atoms with van der Waals surface area (Å²) < 4.78 is 7.58. The molecule has 0 aliphatic rings. The maximum Gasteiger partial charge on any atom is 0.0811 e. The first-order chi connectivity index (χ1) is 21.4. The molecule has 0 bridgehead atoms. The van der Waals surface area contributed by atoms with Crippen molar-refractivity contribution in [1.29, 1.82) is 0 Å². The van der Waals surface area contributed by atoms with Gasteiger partial charge in [0.25, 0.3) is 0 Å². The summed E-state index contributed by atoms with van der Waals surface area (Å²) in [6.07, 6.45) is 1.93. The van der Waals surface area contributed by atoms with Gasteiger partial charge in [0, 0.05) is 59.0 Å². The molecule has 0 fully saturated rings. The number of fused-ring (bicyclic) bond motifs is 13. The summed E-state index contributed by atoms with van der Waals surface area (Å²) in [6.45, 7) is 0. The van der Waals surface area contributed by atoms with E-state index in [1.54, 1.807) is 0 Å². The lowest BCUT2D eigenvalue weighted by atomic mass is 10.0. The number of pyridine rings is 1. The Hall–Kier alpha value is -5.45. The molecule has 0 radical (unpaired) electrons. The van der Waals surface area contributed by atoms with Gasteiger partial charge in [0.15, 0.2) is 0 Å². The van der Waals surface area contributed by atoms with E-state index in [4.69, 9.17) is 4.98 Å². The second-order valence-corrected chi connectivity index (χ2v) is 12.2. The second-order valence-electron chi connectivity index (χ2n) is 11.1. The first kappa shape index (κ1) is 23.1. The van der Waals surface area contributed by atoms with Crippen molar-refractivity contribution in [2.45, 2.75) is 0 Å². The minimum Gasteiger partial charge on any atom is -0.307 e.